The van der Waals surface area contributed by atoms with E-state index in [1.54, 1.807) is 6.92 Å². The van der Waals surface area contributed by atoms with Gasteiger partial charge in [0.2, 0.25) is 0 Å². The van der Waals surface area contributed by atoms with E-state index in [-0.39, 0.29) is 12.6 Å². The second-order valence-corrected chi connectivity index (χ2v) is 4.72. The predicted octanol–water partition coefficient (Wildman–Crippen LogP) is 3.96. The smallest absolute Gasteiger partial charge is 0.340 e. The summed E-state index contributed by atoms with van der Waals surface area (Å²) in [5.41, 5.74) is 1.63. The molecule has 0 saturated heterocycles. The van der Waals surface area contributed by atoms with E-state index in [0.717, 1.165) is 30.3 Å². The van der Waals surface area contributed by atoms with E-state index in [0.29, 0.717) is 18.6 Å². The van der Waals surface area contributed by atoms with Crippen molar-refractivity contribution in [2.45, 2.75) is 32.7 Å². The van der Waals surface area contributed by atoms with E-state index in [4.69, 9.17) is 4.74 Å². The standard InChI is InChI=1S/C16H20FNO2/c1-2-20-16(19)14-12-18(11-7-3-6-10-17)15-9-5-4-8-13(14)15/h4-5,8-9,12H,2-3,6-7,10-11H2,1H3. The van der Waals surface area contributed by atoms with Crippen molar-refractivity contribution in [1.82, 2.24) is 4.57 Å². The number of carbonyl (C=O) groups excluding carboxylic acids is 1. The predicted molar refractivity (Wildman–Crippen MR) is 77.7 cm³/mol. The number of hydrogen-bond acceptors (Lipinski definition) is 2. The largest absolute Gasteiger partial charge is 0.462 e. The molecule has 0 saturated carbocycles. The lowest BCUT2D eigenvalue weighted by Gasteiger charge is -2.04. The van der Waals surface area contributed by atoms with E-state index in [2.05, 4.69) is 4.57 Å². The van der Waals surface area contributed by atoms with Gasteiger partial charge in [0.25, 0.3) is 0 Å². The lowest BCUT2D eigenvalue weighted by molar-refractivity contribution is 0.0528. The fourth-order valence-corrected chi connectivity index (χ4v) is 2.36. The number of esters is 1. The number of hydrogen-bond donors (Lipinski definition) is 0. The van der Waals surface area contributed by atoms with Crippen molar-refractivity contribution in [1.29, 1.82) is 0 Å². The summed E-state index contributed by atoms with van der Waals surface area (Å²) < 4.78 is 19.2. The highest BCUT2D eigenvalue weighted by atomic mass is 19.1. The summed E-state index contributed by atoms with van der Waals surface area (Å²) in [6.45, 7) is 2.70. The molecule has 0 radical (unpaired) electrons. The maximum Gasteiger partial charge on any atom is 0.340 e. The van der Waals surface area contributed by atoms with Gasteiger partial charge >= 0.3 is 5.97 Å². The Morgan fingerprint density at radius 1 is 1.25 bits per heavy atom. The normalized spacial score (nSPS) is 10.9. The Kier molecular flexibility index (Phi) is 5.16. The molecule has 0 N–H and O–H groups in total. The van der Waals surface area contributed by atoms with Gasteiger partial charge in [0, 0.05) is 23.6 Å². The molecule has 0 fully saturated rings. The van der Waals surface area contributed by atoms with Crippen LogP contribution in [0.5, 0.6) is 0 Å². The van der Waals surface area contributed by atoms with Crippen LogP contribution in [0.2, 0.25) is 0 Å². The molecule has 0 unspecified atom stereocenters. The van der Waals surface area contributed by atoms with E-state index in [9.17, 15) is 9.18 Å². The van der Waals surface area contributed by atoms with E-state index >= 15 is 0 Å². The van der Waals surface area contributed by atoms with Crippen LogP contribution < -0.4 is 0 Å². The number of fused-ring (bicyclic) bond motifs is 1. The van der Waals surface area contributed by atoms with Crippen molar-refractivity contribution in [2.75, 3.05) is 13.3 Å². The fourth-order valence-electron chi connectivity index (χ4n) is 2.36. The lowest BCUT2D eigenvalue weighted by Crippen LogP contribution is -2.04. The molecular weight excluding hydrogens is 257 g/mol. The van der Waals surface area contributed by atoms with Crippen molar-refractivity contribution in [3.8, 4) is 0 Å². The second kappa shape index (κ2) is 7.08. The molecule has 0 amide bonds. The number of nitrogens with zero attached hydrogens (tertiary/aromatic N) is 1. The summed E-state index contributed by atoms with van der Waals surface area (Å²) in [7, 11) is 0. The Morgan fingerprint density at radius 3 is 2.80 bits per heavy atom. The number of halogens is 1. The molecule has 0 spiro atoms. The first-order valence-corrected chi connectivity index (χ1v) is 7.09. The molecule has 4 heteroatoms. The van der Waals surface area contributed by atoms with Gasteiger partial charge in [0.1, 0.15) is 0 Å². The van der Waals surface area contributed by atoms with Crippen LogP contribution >= 0.6 is 0 Å². The summed E-state index contributed by atoms with van der Waals surface area (Å²) in [5.74, 6) is -0.286. The Bertz CT molecular complexity index is 577. The summed E-state index contributed by atoms with van der Waals surface area (Å²) in [6, 6.07) is 7.79. The molecule has 0 atom stereocenters. The number of rotatable bonds is 7. The Hall–Kier alpha value is -1.84. The highest BCUT2D eigenvalue weighted by Crippen LogP contribution is 2.22. The third-order valence-electron chi connectivity index (χ3n) is 3.32. The number of unbranched alkanes of at least 4 members (excludes halogenated alkanes) is 2. The van der Waals surface area contributed by atoms with Gasteiger partial charge < -0.3 is 9.30 Å². The maximum atomic E-state index is 12.1. The van der Waals surface area contributed by atoms with Crippen molar-refractivity contribution in [2.24, 2.45) is 0 Å². The molecule has 1 aromatic heterocycles. The molecule has 2 rings (SSSR count). The SMILES string of the molecule is CCOC(=O)c1cn(CCCCCF)c2ccccc12. The summed E-state index contributed by atoms with van der Waals surface area (Å²) in [6.07, 6.45) is 4.21. The third kappa shape index (κ3) is 3.18. The molecule has 0 aliphatic carbocycles. The summed E-state index contributed by atoms with van der Waals surface area (Å²) >= 11 is 0. The average Bonchev–Trinajstić information content (AvgIpc) is 2.83. The zero-order valence-electron chi connectivity index (χ0n) is 11.8. The molecular formula is C16H20FNO2. The van der Waals surface area contributed by atoms with Gasteiger partial charge in [-0.15, -0.1) is 0 Å². The van der Waals surface area contributed by atoms with Crippen molar-refractivity contribution >= 4 is 16.9 Å². The molecule has 2 aromatic rings. The molecule has 108 valence electrons. The van der Waals surface area contributed by atoms with Crippen LogP contribution in [-0.2, 0) is 11.3 Å². The fraction of sp³-hybridized carbons (Fsp3) is 0.438. The average molecular weight is 277 g/mol. The number of ether oxygens (including phenoxy) is 1. The first-order chi connectivity index (χ1) is 9.77. The first kappa shape index (κ1) is 14.6. The minimum atomic E-state index is -0.286. The Balaban J connectivity index is 2.24. The molecule has 0 aliphatic rings. The van der Waals surface area contributed by atoms with E-state index in [1.165, 1.54) is 0 Å². The number of para-hydroxylation sites is 1. The molecule has 0 bridgehead atoms. The number of carbonyl (C=O) groups is 1. The van der Waals surface area contributed by atoms with E-state index in [1.807, 2.05) is 30.5 Å². The monoisotopic (exact) mass is 277 g/mol. The van der Waals surface area contributed by atoms with Crippen LogP contribution in [0.4, 0.5) is 4.39 Å². The Morgan fingerprint density at radius 2 is 2.05 bits per heavy atom. The van der Waals surface area contributed by atoms with Crippen LogP contribution in [0.25, 0.3) is 10.9 Å². The molecule has 1 aromatic carbocycles. The van der Waals surface area contributed by atoms with Gasteiger partial charge in [-0.3, -0.25) is 4.39 Å². The minimum Gasteiger partial charge on any atom is -0.462 e. The van der Waals surface area contributed by atoms with Gasteiger partial charge in [0.05, 0.1) is 18.8 Å². The van der Waals surface area contributed by atoms with Crippen molar-refractivity contribution in [3.63, 3.8) is 0 Å². The van der Waals surface area contributed by atoms with E-state index < -0.39 is 0 Å². The quantitative estimate of drug-likeness (QED) is 0.566. The highest BCUT2D eigenvalue weighted by molar-refractivity contribution is 6.04. The maximum absolute atomic E-state index is 12.1. The molecule has 3 nitrogen and oxygen atoms in total. The molecule has 20 heavy (non-hydrogen) atoms. The zero-order chi connectivity index (χ0) is 14.4. The highest BCUT2D eigenvalue weighted by Gasteiger charge is 2.15. The van der Waals surface area contributed by atoms with Crippen LogP contribution in [0.3, 0.4) is 0 Å². The molecule has 0 aliphatic heterocycles. The van der Waals surface area contributed by atoms with Gasteiger partial charge in [-0.05, 0) is 32.3 Å². The van der Waals surface area contributed by atoms with Crippen LogP contribution in [-0.4, -0.2) is 23.8 Å². The third-order valence-corrected chi connectivity index (χ3v) is 3.32. The minimum absolute atomic E-state index is 0.263. The number of aryl methyl sites for hydroxylation is 1. The second-order valence-electron chi connectivity index (χ2n) is 4.72. The van der Waals surface area contributed by atoms with Gasteiger partial charge in [0.15, 0.2) is 0 Å². The Labute approximate surface area is 118 Å². The zero-order valence-corrected chi connectivity index (χ0v) is 11.8. The van der Waals surface area contributed by atoms with Crippen molar-refractivity contribution < 1.29 is 13.9 Å². The van der Waals surface area contributed by atoms with Crippen molar-refractivity contribution in [3.05, 3.63) is 36.0 Å². The topological polar surface area (TPSA) is 31.2 Å². The van der Waals surface area contributed by atoms with Gasteiger partial charge in [-0.1, -0.05) is 18.2 Å². The first-order valence-electron chi connectivity index (χ1n) is 7.09. The van der Waals surface area contributed by atoms with Crippen LogP contribution in [0.15, 0.2) is 30.5 Å². The summed E-state index contributed by atoms with van der Waals surface area (Å²) in [4.78, 5) is 12.0. The van der Waals surface area contributed by atoms with Crippen LogP contribution in [0, 0.1) is 0 Å². The molecule has 1 heterocycles. The van der Waals surface area contributed by atoms with Crippen LogP contribution in [0.1, 0.15) is 36.5 Å². The van der Waals surface area contributed by atoms with Gasteiger partial charge in [-0.2, -0.15) is 0 Å². The number of aromatic nitrogens is 1. The number of alkyl halides is 1. The van der Waals surface area contributed by atoms with Gasteiger partial charge in [-0.25, -0.2) is 4.79 Å². The lowest BCUT2D eigenvalue weighted by atomic mass is 10.2. The number of benzene rings is 1. The summed E-state index contributed by atoms with van der Waals surface area (Å²) in [5, 5.41) is 0.913.